The fraction of sp³-hybridized carbons (Fsp3) is 0.462. The summed E-state index contributed by atoms with van der Waals surface area (Å²) in [6.07, 6.45) is -2.88. The van der Waals surface area contributed by atoms with Crippen molar-refractivity contribution < 1.29 is 42.1 Å². The van der Waals surface area contributed by atoms with Gasteiger partial charge in [0.2, 0.25) is 5.91 Å². The Hall–Kier alpha value is -3.02. The normalized spacial score (nSPS) is 18.3. The highest BCUT2D eigenvalue weighted by atomic mass is 35.5. The lowest BCUT2D eigenvalue weighted by molar-refractivity contribution is -0.189. The molecule has 1 saturated heterocycles. The molecule has 0 aliphatic carbocycles. The third-order valence-corrected chi connectivity index (χ3v) is 6.67. The number of piperidine rings is 1. The zero-order chi connectivity index (χ0) is 27.7. The van der Waals surface area contributed by atoms with Crippen molar-refractivity contribution in [2.75, 3.05) is 31.6 Å². The Balaban J connectivity index is 1.36. The number of β-amino-alcohol motifs (C(OH)–C–C–N with tert-alkyl or cyclic N) is 1. The Labute approximate surface area is 222 Å². The van der Waals surface area contributed by atoms with E-state index in [1.807, 2.05) is 12.1 Å². The fourth-order valence-corrected chi connectivity index (χ4v) is 4.90. The number of rotatable bonds is 7. The van der Waals surface area contributed by atoms with Crippen molar-refractivity contribution in [2.45, 2.75) is 50.5 Å². The van der Waals surface area contributed by atoms with Gasteiger partial charge in [0.1, 0.15) is 35.1 Å². The molecular weight excluding hydrogens is 529 g/mol. The number of alkyl halides is 3. The van der Waals surface area contributed by atoms with Crippen molar-refractivity contribution >= 4 is 29.2 Å². The molecule has 8 nitrogen and oxygen atoms in total. The molecule has 0 bridgehead atoms. The van der Waals surface area contributed by atoms with E-state index >= 15 is 0 Å². The molecule has 2 heterocycles. The molecule has 2 aromatic carbocycles. The average molecular weight is 557 g/mol. The van der Waals surface area contributed by atoms with E-state index in [1.54, 1.807) is 13.0 Å². The van der Waals surface area contributed by atoms with Gasteiger partial charge in [-0.3, -0.25) is 4.79 Å². The predicted molar refractivity (Wildman–Crippen MR) is 133 cm³/mol. The topological polar surface area (TPSA) is 97.3 Å². The van der Waals surface area contributed by atoms with Gasteiger partial charge in [-0.1, -0.05) is 11.6 Å². The van der Waals surface area contributed by atoms with Gasteiger partial charge in [0.25, 0.3) is 0 Å². The molecule has 206 valence electrons. The Kier molecular flexibility index (Phi) is 7.83. The first-order chi connectivity index (χ1) is 17.7. The first kappa shape index (κ1) is 28.0. The second-order valence-corrected chi connectivity index (χ2v) is 10.4. The molecule has 1 unspecified atom stereocenters. The third-order valence-electron chi connectivity index (χ3n) is 6.44. The lowest BCUT2D eigenvalue weighted by atomic mass is 9.86. The predicted octanol–water partition coefficient (Wildman–Crippen LogP) is 4.37. The van der Waals surface area contributed by atoms with Crippen LogP contribution in [0.1, 0.15) is 32.3 Å². The molecule has 2 aliphatic rings. The molecular formula is C26H28ClF3N2O6. The number of anilines is 1. The molecule has 0 saturated carbocycles. The summed E-state index contributed by atoms with van der Waals surface area (Å²) in [4.78, 5) is 24.8. The van der Waals surface area contributed by atoms with E-state index in [-0.39, 0.29) is 30.2 Å². The van der Waals surface area contributed by atoms with E-state index in [1.165, 1.54) is 13.0 Å². The summed E-state index contributed by atoms with van der Waals surface area (Å²) in [5.41, 5.74) is -0.403. The van der Waals surface area contributed by atoms with E-state index in [9.17, 15) is 27.9 Å². The van der Waals surface area contributed by atoms with Crippen molar-refractivity contribution in [3.8, 4) is 17.2 Å². The maximum atomic E-state index is 12.6. The van der Waals surface area contributed by atoms with Gasteiger partial charge in [-0.25, -0.2) is 4.79 Å². The van der Waals surface area contributed by atoms with Gasteiger partial charge in [-0.15, -0.1) is 0 Å². The van der Waals surface area contributed by atoms with Crippen LogP contribution in [-0.2, 0) is 16.0 Å². The SMILES string of the molecule is CC(=O)Nc1ccc(OC(=O)C(F)(F)F)cc1OCC(C)(O)CN1CCC2(CC1)Cc1cc(Cl)ccc1O2. The largest absolute Gasteiger partial charge is 0.491 e. The van der Waals surface area contributed by atoms with Crippen LogP contribution in [0.15, 0.2) is 36.4 Å². The molecule has 0 aromatic heterocycles. The standard InChI is InChI=1S/C26H28ClF3N2O6/c1-16(33)31-20-5-4-19(37-23(34)26(28,29)30)12-22(20)36-15-24(2,35)14-32-9-7-25(8-10-32)13-17-11-18(27)3-6-21(17)38-25/h3-6,11-12,35H,7-10,13-15H2,1-2H3,(H,31,33). The van der Waals surface area contributed by atoms with Crippen molar-refractivity contribution in [3.05, 3.63) is 47.0 Å². The first-order valence-electron chi connectivity index (χ1n) is 12.0. The monoisotopic (exact) mass is 556 g/mol. The first-order valence-corrected chi connectivity index (χ1v) is 12.4. The molecule has 2 aromatic rings. The van der Waals surface area contributed by atoms with Crippen LogP contribution in [0.2, 0.25) is 5.02 Å². The molecule has 1 fully saturated rings. The Morgan fingerprint density at radius 1 is 1.18 bits per heavy atom. The average Bonchev–Trinajstić information content (AvgIpc) is 3.16. The van der Waals surface area contributed by atoms with Crippen LogP contribution in [0.5, 0.6) is 17.2 Å². The molecule has 0 radical (unpaired) electrons. The summed E-state index contributed by atoms with van der Waals surface area (Å²) >= 11 is 6.11. The number of amides is 1. The quantitative estimate of drug-likeness (QED) is 0.386. The van der Waals surface area contributed by atoms with Gasteiger partial charge in [-0.05, 0) is 42.8 Å². The van der Waals surface area contributed by atoms with Crippen LogP contribution in [0.25, 0.3) is 0 Å². The van der Waals surface area contributed by atoms with Crippen molar-refractivity contribution in [1.29, 1.82) is 0 Å². The molecule has 2 aliphatic heterocycles. The van der Waals surface area contributed by atoms with Gasteiger partial charge < -0.3 is 29.5 Å². The highest BCUT2D eigenvalue weighted by Gasteiger charge is 2.43. The number of fused-ring (bicyclic) bond motifs is 1. The lowest BCUT2D eigenvalue weighted by Crippen LogP contribution is -2.52. The van der Waals surface area contributed by atoms with E-state index in [0.717, 1.165) is 42.7 Å². The highest BCUT2D eigenvalue weighted by Crippen LogP contribution is 2.42. The van der Waals surface area contributed by atoms with Crippen LogP contribution < -0.4 is 19.5 Å². The Morgan fingerprint density at radius 3 is 2.55 bits per heavy atom. The van der Waals surface area contributed by atoms with Gasteiger partial charge in [-0.2, -0.15) is 13.2 Å². The van der Waals surface area contributed by atoms with Gasteiger partial charge >= 0.3 is 12.1 Å². The summed E-state index contributed by atoms with van der Waals surface area (Å²) < 4.78 is 54.1. The number of nitrogens with zero attached hydrogens (tertiary/aromatic N) is 1. The smallest absolute Gasteiger partial charge is 0.488 e. The Morgan fingerprint density at radius 2 is 1.89 bits per heavy atom. The second-order valence-electron chi connectivity index (χ2n) is 10.0. The van der Waals surface area contributed by atoms with E-state index in [0.29, 0.717) is 18.1 Å². The third kappa shape index (κ3) is 6.89. The number of likely N-dealkylation sites (tertiary alicyclic amines) is 1. The number of esters is 1. The number of nitrogens with one attached hydrogen (secondary N) is 1. The van der Waals surface area contributed by atoms with E-state index in [4.69, 9.17) is 21.1 Å². The molecule has 1 atom stereocenters. The molecule has 38 heavy (non-hydrogen) atoms. The maximum Gasteiger partial charge on any atom is 0.491 e. The van der Waals surface area contributed by atoms with Crippen LogP contribution in [0.4, 0.5) is 18.9 Å². The minimum Gasteiger partial charge on any atom is -0.488 e. The molecule has 1 amide bonds. The molecule has 4 rings (SSSR count). The number of carbonyl (C=O) groups excluding carboxylic acids is 2. The van der Waals surface area contributed by atoms with Gasteiger partial charge in [0, 0.05) is 56.9 Å². The van der Waals surface area contributed by atoms with Crippen molar-refractivity contribution in [3.63, 3.8) is 0 Å². The molecule has 1 spiro atoms. The fourth-order valence-electron chi connectivity index (χ4n) is 4.70. The summed E-state index contributed by atoms with van der Waals surface area (Å²) in [7, 11) is 0. The number of hydrogen-bond acceptors (Lipinski definition) is 7. The van der Waals surface area contributed by atoms with Crippen LogP contribution in [-0.4, -0.2) is 65.5 Å². The van der Waals surface area contributed by atoms with E-state index in [2.05, 4.69) is 15.0 Å². The van der Waals surface area contributed by atoms with Gasteiger partial charge in [0.15, 0.2) is 0 Å². The summed E-state index contributed by atoms with van der Waals surface area (Å²) in [6, 6.07) is 9.02. The van der Waals surface area contributed by atoms with Crippen molar-refractivity contribution in [1.82, 2.24) is 4.90 Å². The minimum absolute atomic E-state index is 0.0543. The number of aliphatic hydroxyl groups is 1. The minimum atomic E-state index is -5.17. The Bertz CT molecular complexity index is 1210. The lowest BCUT2D eigenvalue weighted by Gasteiger charge is -2.41. The zero-order valence-corrected chi connectivity index (χ0v) is 21.6. The highest BCUT2D eigenvalue weighted by molar-refractivity contribution is 6.30. The maximum absolute atomic E-state index is 12.6. The second kappa shape index (κ2) is 10.6. The number of carbonyl (C=O) groups is 2. The van der Waals surface area contributed by atoms with E-state index < -0.39 is 29.4 Å². The number of ether oxygens (including phenoxy) is 3. The van der Waals surface area contributed by atoms with Crippen LogP contribution in [0, 0.1) is 0 Å². The number of benzene rings is 2. The molecule has 12 heteroatoms. The summed E-state index contributed by atoms with van der Waals surface area (Å²) in [5, 5.41) is 14.2. The van der Waals surface area contributed by atoms with Crippen LogP contribution in [0.3, 0.4) is 0 Å². The summed E-state index contributed by atoms with van der Waals surface area (Å²) in [6.45, 7) is 4.21. The number of halogens is 4. The van der Waals surface area contributed by atoms with Gasteiger partial charge in [0.05, 0.1) is 5.69 Å². The number of hydrogen-bond donors (Lipinski definition) is 2. The summed E-state index contributed by atoms with van der Waals surface area (Å²) in [5.74, 6) is -2.45. The van der Waals surface area contributed by atoms with Crippen molar-refractivity contribution in [2.24, 2.45) is 0 Å². The zero-order valence-electron chi connectivity index (χ0n) is 20.9. The molecule has 2 N–H and O–H groups in total. The van der Waals surface area contributed by atoms with Crippen LogP contribution >= 0.6 is 11.6 Å².